The molecule has 2 N–H and O–H groups in total. The minimum atomic E-state index is -0.388. The maximum absolute atomic E-state index is 12.1. The van der Waals surface area contributed by atoms with E-state index in [1.54, 1.807) is 13.2 Å². The van der Waals surface area contributed by atoms with Gasteiger partial charge in [0.05, 0.1) is 7.11 Å². The van der Waals surface area contributed by atoms with Gasteiger partial charge in [-0.1, -0.05) is 20.8 Å². The lowest BCUT2D eigenvalue weighted by Crippen LogP contribution is -2.18. The second kappa shape index (κ2) is 6.01. The summed E-state index contributed by atoms with van der Waals surface area (Å²) in [7, 11) is 1.62. The zero-order chi connectivity index (χ0) is 16.3. The molecule has 1 aromatic carbocycles. The average molecular weight is 301 g/mol. The Morgan fingerprint density at radius 2 is 1.95 bits per heavy atom. The number of nitrogens with one attached hydrogen (secondary N) is 2. The summed E-state index contributed by atoms with van der Waals surface area (Å²) < 4.78 is 5.36. The van der Waals surface area contributed by atoms with Gasteiger partial charge in [0.1, 0.15) is 11.4 Å². The van der Waals surface area contributed by atoms with Crippen molar-refractivity contribution in [1.29, 1.82) is 0 Å². The van der Waals surface area contributed by atoms with Crippen molar-refractivity contribution >= 4 is 11.6 Å². The fourth-order valence-electron chi connectivity index (χ4n) is 2.04. The highest BCUT2D eigenvalue weighted by atomic mass is 16.5. The van der Waals surface area contributed by atoms with Gasteiger partial charge in [0, 0.05) is 17.3 Å². The molecular weight excluding hydrogens is 282 g/mol. The Bertz CT molecular complexity index is 725. The van der Waals surface area contributed by atoms with E-state index >= 15 is 0 Å². The summed E-state index contributed by atoms with van der Waals surface area (Å²) in [6, 6.07) is 8.09. The number of hydrogen-bond acceptors (Lipinski definition) is 4. The predicted octanol–water partition coefficient (Wildman–Crippen LogP) is 2.33. The van der Waals surface area contributed by atoms with Gasteiger partial charge in [0.2, 0.25) is 0 Å². The van der Waals surface area contributed by atoms with Gasteiger partial charge in [-0.2, -0.15) is 5.10 Å². The monoisotopic (exact) mass is 301 g/mol. The molecule has 0 saturated heterocycles. The fraction of sp³-hybridized carbons (Fsp3) is 0.312. The van der Waals surface area contributed by atoms with Crippen molar-refractivity contribution in [2.24, 2.45) is 0 Å². The number of carbonyl (C=O) groups excluding carboxylic acids is 1. The Hall–Kier alpha value is -2.63. The molecule has 1 heterocycles. The van der Waals surface area contributed by atoms with E-state index in [4.69, 9.17) is 4.74 Å². The molecule has 0 bridgehead atoms. The summed E-state index contributed by atoms with van der Waals surface area (Å²) >= 11 is 0. The Morgan fingerprint density at radius 1 is 1.23 bits per heavy atom. The van der Waals surface area contributed by atoms with Gasteiger partial charge in [-0.3, -0.25) is 9.59 Å². The molecule has 0 unspecified atom stereocenters. The van der Waals surface area contributed by atoms with Gasteiger partial charge in [-0.25, -0.2) is 5.10 Å². The molecule has 0 aliphatic heterocycles. The molecule has 2 rings (SSSR count). The van der Waals surface area contributed by atoms with Crippen LogP contribution in [0, 0.1) is 0 Å². The molecule has 1 amide bonds. The minimum Gasteiger partial charge on any atom is -0.496 e. The maximum atomic E-state index is 12.1. The smallest absolute Gasteiger partial charge is 0.276 e. The number of aromatic nitrogens is 2. The Morgan fingerprint density at radius 3 is 2.50 bits per heavy atom. The van der Waals surface area contributed by atoms with E-state index in [-0.39, 0.29) is 22.6 Å². The zero-order valence-corrected chi connectivity index (χ0v) is 13.1. The lowest BCUT2D eigenvalue weighted by atomic mass is 9.86. The van der Waals surface area contributed by atoms with Crippen LogP contribution >= 0.6 is 0 Å². The van der Waals surface area contributed by atoms with Crippen LogP contribution in [-0.4, -0.2) is 23.2 Å². The molecule has 116 valence electrons. The first-order valence-electron chi connectivity index (χ1n) is 6.87. The lowest BCUT2D eigenvalue weighted by molar-refractivity contribution is 0.102. The number of benzene rings is 1. The van der Waals surface area contributed by atoms with Crippen LogP contribution in [0.2, 0.25) is 0 Å². The van der Waals surface area contributed by atoms with E-state index in [9.17, 15) is 9.59 Å². The fourth-order valence-corrected chi connectivity index (χ4v) is 2.04. The number of rotatable bonds is 3. The van der Waals surface area contributed by atoms with Crippen LogP contribution in [0.1, 0.15) is 36.8 Å². The molecule has 0 spiro atoms. The van der Waals surface area contributed by atoms with Crippen molar-refractivity contribution < 1.29 is 9.53 Å². The van der Waals surface area contributed by atoms with E-state index in [0.717, 1.165) is 11.3 Å². The number of carbonyl (C=O) groups is 1. The largest absolute Gasteiger partial charge is 0.496 e. The van der Waals surface area contributed by atoms with Gasteiger partial charge in [0.15, 0.2) is 0 Å². The number of ether oxygens (including phenoxy) is 1. The van der Waals surface area contributed by atoms with Crippen molar-refractivity contribution in [1.82, 2.24) is 10.2 Å². The second-order valence-electron chi connectivity index (χ2n) is 5.93. The minimum absolute atomic E-state index is 0.123. The topological polar surface area (TPSA) is 84.1 Å². The van der Waals surface area contributed by atoms with E-state index in [1.807, 2.05) is 12.1 Å². The molecule has 6 nitrogen and oxygen atoms in total. The first-order chi connectivity index (χ1) is 10.3. The highest BCUT2D eigenvalue weighted by molar-refractivity contribution is 6.02. The van der Waals surface area contributed by atoms with Gasteiger partial charge in [0.25, 0.3) is 11.5 Å². The summed E-state index contributed by atoms with van der Waals surface area (Å²) in [5, 5.41) is 8.70. The molecule has 0 atom stereocenters. The molecule has 6 heteroatoms. The van der Waals surface area contributed by atoms with Gasteiger partial charge < -0.3 is 10.1 Å². The molecule has 0 fully saturated rings. The molecule has 1 aromatic heterocycles. The van der Waals surface area contributed by atoms with Crippen LogP contribution in [0.15, 0.2) is 35.1 Å². The van der Waals surface area contributed by atoms with Gasteiger partial charge in [-0.05, 0) is 29.7 Å². The van der Waals surface area contributed by atoms with Crippen LogP contribution in [0.5, 0.6) is 5.75 Å². The maximum Gasteiger partial charge on any atom is 0.276 e. The first-order valence-corrected chi connectivity index (χ1v) is 6.87. The SMILES string of the molecule is COc1ccc(NC(=O)c2ccc(=O)[nH]n2)cc1C(C)(C)C. The van der Waals surface area contributed by atoms with E-state index in [1.165, 1.54) is 12.1 Å². The molecule has 22 heavy (non-hydrogen) atoms. The zero-order valence-electron chi connectivity index (χ0n) is 13.1. The van der Waals surface area contributed by atoms with E-state index in [2.05, 4.69) is 36.3 Å². The van der Waals surface area contributed by atoms with E-state index < -0.39 is 0 Å². The van der Waals surface area contributed by atoms with Gasteiger partial charge >= 0.3 is 0 Å². The highest BCUT2D eigenvalue weighted by Gasteiger charge is 2.20. The van der Waals surface area contributed by atoms with Crippen LogP contribution in [-0.2, 0) is 5.41 Å². The van der Waals surface area contributed by atoms with Crippen molar-refractivity contribution in [3.05, 3.63) is 51.9 Å². The Kier molecular flexibility index (Phi) is 4.30. The van der Waals surface area contributed by atoms with E-state index in [0.29, 0.717) is 5.69 Å². The highest BCUT2D eigenvalue weighted by Crippen LogP contribution is 2.33. The number of nitrogens with zero attached hydrogens (tertiary/aromatic N) is 1. The van der Waals surface area contributed by atoms with Crippen molar-refractivity contribution in [2.45, 2.75) is 26.2 Å². The quantitative estimate of drug-likeness (QED) is 0.911. The van der Waals surface area contributed by atoms with Crippen LogP contribution in [0.25, 0.3) is 0 Å². The number of methoxy groups -OCH3 is 1. The number of aromatic amines is 1. The predicted molar refractivity (Wildman–Crippen MR) is 84.5 cm³/mol. The van der Waals surface area contributed by atoms with Crippen molar-refractivity contribution in [2.75, 3.05) is 12.4 Å². The summed E-state index contributed by atoms with van der Waals surface area (Å²) in [4.78, 5) is 23.1. The number of H-pyrrole nitrogens is 1. The second-order valence-corrected chi connectivity index (χ2v) is 5.93. The van der Waals surface area contributed by atoms with Gasteiger partial charge in [-0.15, -0.1) is 0 Å². The molecule has 0 radical (unpaired) electrons. The Labute approximate surface area is 128 Å². The number of amides is 1. The molecule has 2 aromatic rings. The molecule has 0 aliphatic rings. The third-order valence-electron chi connectivity index (χ3n) is 3.18. The number of hydrogen-bond donors (Lipinski definition) is 2. The van der Waals surface area contributed by atoms with Crippen LogP contribution in [0.4, 0.5) is 5.69 Å². The summed E-state index contributed by atoms with van der Waals surface area (Å²) in [5.41, 5.74) is 1.30. The first kappa shape index (κ1) is 15.8. The Balaban J connectivity index is 2.28. The molecule has 0 saturated carbocycles. The van der Waals surface area contributed by atoms with Crippen molar-refractivity contribution in [3.8, 4) is 5.75 Å². The van der Waals surface area contributed by atoms with Crippen LogP contribution < -0.4 is 15.6 Å². The summed E-state index contributed by atoms with van der Waals surface area (Å²) in [5.74, 6) is 0.383. The normalized spacial score (nSPS) is 11.1. The summed E-state index contributed by atoms with van der Waals surface area (Å²) in [6.45, 7) is 6.21. The lowest BCUT2D eigenvalue weighted by Gasteiger charge is -2.23. The molecule has 0 aliphatic carbocycles. The third kappa shape index (κ3) is 3.52. The number of anilines is 1. The summed E-state index contributed by atoms with van der Waals surface area (Å²) in [6.07, 6.45) is 0. The van der Waals surface area contributed by atoms with Crippen molar-refractivity contribution in [3.63, 3.8) is 0 Å². The van der Waals surface area contributed by atoms with Crippen LogP contribution in [0.3, 0.4) is 0 Å². The third-order valence-corrected chi connectivity index (χ3v) is 3.18. The standard InChI is InChI=1S/C16H19N3O3/c1-16(2,3)11-9-10(5-7-13(11)22-4)17-15(21)12-6-8-14(20)19-18-12/h5-9H,1-4H3,(H,17,21)(H,19,20). The molecular formula is C16H19N3O3. The average Bonchev–Trinajstić information content (AvgIpc) is 2.47.